The third-order valence-corrected chi connectivity index (χ3v) is 5.11. The standard InChI is InChI=1S/C19H13ClFNO2/c1-11-19(9-12-8-13(21)6-7-14(12)18(19)24)15-4-2-3-5-16(15)22(11)17(23)10-20/h2-8H,1,9-10H2. The van der Waals surface area contributed by atoms with Crippen molar-refractivity contribution in [1.82, 2.24) is 0 Å². The minimum absolute atomic E-state index is 0.153. The van der Waals surface area contributed by atoms with Crippen LogP contribution in [0.15, 0.2) is 54.7 Å². The number of hydrogen-bond donors (Lipinski definition) is 0. The third kappa shape index (κ3) is 1.72. The molecule has 120 valence electrons. The van der Waals surface area contributed by atoms with Gasteiger partial charge < -0.3 is 0 Å². The van der Waals surface area contributed by atoms with Gasteiger partial charge in [0.15, 0.2) is 5.78 Å². The first kappa shape index (κ1) is 15.1. The lowest BCUT2D eigenvalue weighted by Gasteiger charge is -2.26. The van der Waals surface area contributed by atoms with Gasteiger partial charge in [-0.1, -0.05) is 24.8 Å². The molecule has 2 aromatic carbocycles. The molecule has 1 heterocycles. The van der Waals surface area contributed by atoms with Gasteiger partial charge in [-0.15, -0.1) is 11.6 Å². The highest BCUT2D eigenvalue weighted by Crippen LogP contribution is 2.54. The van der Waals surface area contributed by atoms with Gasteiger partial charge in [0.2, 0.25) is 5.91 Å². The van der Waals surface area contributed by atoms with E-state index in [4.69, 9.17) is 11.6 Å². The van der Waals surface area contributed by atoms with E-state index < -0.39 is 5.41 Å². The summed E-state index contributed by atoms with van der Waals surface area (Å²) in [5, 5.41) is 0. The van der Waals surface area contributed by atoms with Crippen LogP contribution in [0.3, 0.4) is 0 Å². The summed E-state index contributed by atoms with van der Waals surface area (Å²) in [4.78, 5) is 26.9. The molecule has 1 amide bonds. The predicted octanol–water partition coefficient (Wildman–Crippen LogP) is 3.60. The number of Topliss-reactive ketones (excluding diaryl/α,β-unsaturated/α-hetero) is 1. The maximum absolute atomic E-state index is 13.6. The molecule has 0 saturated carbocycles. The normalized spacial score (nSPS) is 21.3. The maximum Gasteiger partial charge on any atom is 0.246 e. The molecule has 4 rings (SSSR count). The second kappa shape index (κ2) is 5.02. The number of alkyl halides is 1. The van der Waals surface area contributed by atoms with E-state index in [0.717, 1.165) is 5.56 Å². The minimum atomic E-state index is -1.06. The van der Waals surface area contributed by atoms with Crippen LogP contribution in [0.2, 0.25) is 0 Å². The van der Waals surface area contributed by atoms with E-state index in [9.17, 15) is 14.0 Å². The van der Waals surface area contributed by atoms with Crippen molar-refractivity contribution in [2.45, 2.75) is 11.8 Å². The second-order valence-corrected chi connectivity index (χ2v) is 6.31. The lowest BCUT2D eigenvalue weighted by Crippen LogP contribution is -2.38. The van der Waals surface area contributed by atoms with Gasteiger partial charge in [0, 0.05) is 11.3 Å². The zero-order valence-corrected chi connectivity index (χ0v) is 13.4. The van der Waals surface area contributed by atoms with E-state index in [1.165, 1.54) is 23.1 Å². The highest BCUT2D eigenvalue weighted by molar-refractivity contribution is 6.30. The summed E-state index contributed by atoms with van der Waals surface area (Å²) in [6, 6.07) is 11.4. The Hall–Kier alpha value is -2.46. The molecule has 0 radical (unpaired) electrons. The Kier molecular flexibility index (Phi) is 3.15. The molecule has 1 atom stereocenters. The van der Waals surface area contributed by atoms with Crippen LogP contribution >= 0.6 is 11.6 Å². The number of allylic oxidation sites excluding steroid dienone is 1. The molecule has 3 nitrogen and oxygen atoms in total. The molecule has 2 aliphatic rings. The molecule has 1 spiro atoms. The number of fused-ring (bicyclic) bond motifs is 3. The van der Waals surface area contributed by atoms with E-state index in [1.807, 2.05) is 12.1 Å². The van der Waals surface area contributed by atoms with Crippen molar-refractivity contribution in [2.75, 3.05) is 10.8 Å². The molecule has 1 unspecified atom stereocenters. The van der Waals surface area contributed by atoms with E-state index >= 15 is 0 Å². The van der Waals surface area contributed by atoms with Crippen LogP contribution in [0.4, 0.5) is 10.1 Å². The Bertz CT molecular complexity index is 923. The zero-order chi connectivity index (χ0) is 17.1. The molecule has 1 aliphatic carbocycles. The zero-order valence-electron chi connectivity index (χ0n) is 12.7. The van der Waals surface area contributed by atoms with Crippen molar-refractivity contribution in [3.05, 3.63) is 77.2 Å². The SMILES string of the molecule is C=C1N(C(=O)CCl)c2ccccc2C12Cc1cc(F)ccc1C2=O. The molecule has 0 fully saturated rings. The number of para-hydroxylation sites is 1. The Labute approximate surface area is 143 Å². The van der Waals surface area contributed by atoms with Crippen molar-refractivity contribution >= 4 is 29.0 Å². The first-order valence-electron chi connectivity index (χ1n) is 7.51. The minimum Gasteiger partial charge on any atom is -0.293 e. The summed E-state index contributed by atoms with van der Waals surface area (Å²) in [5.41, 5.74) is 1.78. The van der Waals surface area contributed by atoms with E-state index in [1.54, 1.807) is 12.1 Å². The molecule has 24 heavy (non-hydrogen) atoms. The van der Waals surface area contributed by atoms with Crippen molar-refractivity contribution in [2.24, 2.45) is 0 Å². The fraction of sp³-hybridized carbons (Fsp3) is 0.158. The molecule has 0 aromatic heterocycles. The summed E-state index contributed by atoms with van der Waals surface area (Å²) in [5.74, 6) is -1.08. The quantitative estimate of drug-likeness (QED) is 0.743. The van der Waals surface area contributed by atoms with Crippen LogP contribution < -0.4 is 4.90 Å². The number of carbonyl (C=O) groups excluding carboxylic acids is 2. The number of anilines is 1. The molecular weight excluding hydrogens is 329 g/mol. The average Bonchev–Trinajstić information content (AvgIpc) is 3.01. The molecular formula is C19H13ClFNO2. The number of carbonyl (C=O) groups is 2. The number of hydrogen-bond acceptors (Lipinski definition) is 2. The van der Waals surface area contributed by atoms with Crippen LogP contribution in [0.25, 0.3) is 0 Å². The molecule has 1 aliphatic heterocycles. The first-order valence-corrected chi connectivity index (χ1v) is 8.05. The highest BCUT2D eigenvalue weighted by atomic mass is 35.5. The van der Waals surface area contributed by atoms with Crippen LogP contribution in [-0.4, -0.2) is 17.6 Å². The summed E-state index contributed by atoms with van der Waals surface area (Å²) in [6.45, 7) is 4.04. The average molecular weight is 342 g/mol. The Morgan fingerprint density at radius 2 is 2.04 bits per heavy atom. The fourth-order valence-corrected chi connectivity index (χ4v) is 3.96. The van der Waals surface area contributed by atoms with Gasteiger partial charge in [-0.3, -0.25) is 14.5 Å². The van der Waals surface area contributed by atoms with Gasteiger partial charge in [0.1, 0.15) is 17.1 Å². The van der Waals surface area contributed by atoms with Crippen molar-refractivity contribution in [1.29, 1.82) is 0 Å². The number of halogens is 2. The second-order valence-electron chi connectivity index (χ2n) is 6.04. The van der Waals surface area contributed by atoms with Crippen LogP contribution in [0, 0.1) is 5.82 Å². The smallest absolute Gasteiger partial charge is 0.246 e. The highest BCUT2D eigenvalue weighted by Gasteiger charge is 2.56. The molecule has 0 saturated heterocycles. The maximum atomic E-state index is 13.6. The number of amides is 1. The number of ketones is 1. The summed E-state index contributed by atoms with van der Waals surface area (Å²) in [7, 11) is 0. The Morgan fingerprint density at radius 1 is 1.29 bits per heavy atom. The van der Waals surface area contributed by atoms with Gasteiger partial charge >= 0.3 is 0 Å². The van der Waals surface area contributed by atoms with Crippen molar-refractivity contribution in [3.63, 3.8) is 0 Å². The Morgan fingerprint density at radius 3 is 2.79 bits per heavy atom. The van der Waals surface area contributed by atoms with Gasteiger partial charge in [-0.05, 0) is 41.8 Å². The van der Waals surface area contributed by atoms with Crippen molar-refractivity contribution < 1.29 is 14.0 Å². The third-order valence-electron chi connectivity index (χ3n) is 4.89. The van der Waals surface area contributed by atoms with Gasteiger partial charge in [0.25, 0.3) is 0 Å². The summed E-state index contributed by atoms with van der Waals surface area (Å²) >= 11 is 5.74. The summed E-state index contributed by atoms with van der Waals surface area (Å²) in [6.07, 6.45) is 0.292. The molecule has 5 heteroatoms. The topological polar surface area (TPSA) is 37.4 Å². The molecule has 0 bridgehead atoms. The predicted molar refractivity (Wildman–Crippen MR) is 89.9 cm³/mol. The van der Waals surface area contributed by atoms with Crippen LogP contribution in [0.1, 0.15) is 21.5 Å². The number of rotatable bonds is 1. The van der Waals surface area contributed by atoms with E-state index in [0.29, 0.717) is 28.9 Å². The Balaban J connectivity index is 1.95. The van der Waals surface area contributed by atoms with Crippen LogP contribution in [0.5, 0.6) is 0 Å². The van der Waals surface area contributed by atoms with Gasteiger partial charge in [-0.25, -0.2) is 4.39 Å². The first-order chi connectivity index (χ1) is 11.5. The monoisotopic (exact) mass is 341 g/mol. The largest absolute Gasteiger partial charge is 0.293 e. The fourth-order valence-electron chi connectivity index (χ4n) is 3.84. The summed E-state index contributed by atoms with van der Waals surface area (Å²) < 4.78 is 13.6. The van der Waals surface area contributed by atoms with Gasteiger partial charge in [-0.2, -0.15) is 0 Å². The van der Waals surface area contributed by atoms with E-state index in [-0.39, 0.29) is 23.4 Å². The van der Waals surface area contributed by atoms with Gasteiger partial charge in [0.05, 0.1) is 5.69 Å². The lowest BCUT2D eigenvalue weighted by atomic mass is 9.76. The van der Waals surface area contributed by atoms with E-state index in [2.05, 4.69) is 6.58 Å². The number of nitrogens with zero attached hydrogens (tertiary/aromatic N) is 1. The lowest BCUT2D eigenvalue weighted by molar-refractivity contribution is -0.115. The molecule has 2 aromatic rings. The van der Waals surface area contributed by atoms with Crippen molar-refractivity contribution in [3.8, 4) is 0 Å². The number of benzene rings is 2. The molecule has 0 N–H and O–H groups in total. The van der Waals surface area contributed by atoms with Crippen LogP contribution in [-0.2, 0) is 16.6 Å².